The van der Waals surface area contributed by atoms with Crippen molar-refractivity contribution in [2.75, 3.05) is 7.05 Å². The van der Waals surface area contributed by atoms with E-state index in [1.165, 1.54) is 11.1 Å². The van der Waals surface area contributed by atoms with Gasteiger partial charge in [0.1, 0.15) is 0 Å². The summed E-state index contributed by atoms with van der Waals surface area (Å²) in [6, 6.07) is 8.01. The van der Waals surface area contributed by atoms with Gasteiger partial charge >= 0.3 is 0 Å². The van der Waals surface area contributed by atoms with Crippen LogP contribution in [-0.2, 0) is 11.3 Å². The minimum atomic E-state index is -0.231. The van der Waals surface area contributed by atoms with Crippen LogP contribution in [0.1, 0.15) is 18.1 Å². The van der Waals surface area contributed by atoms with Crippen LogP contribution in [0.15, 0.2) is 24.3 Å². The first-order chi connectivity index (χ1) is 7.54. The van der Waals surface area contributed by atoms with Crippen LogP contribution in [-0.4, -0.2) is 23.9 Å². The summed E-state index contributed by atoms with van der Waals surface area (Å²) in [5.74, 6) is 4.93. The van der Waals surface area contributed by atoms with Gasteiger partial charge in [-0.3, -0.25) is 15.1 Å². The number of carbonyl (C=O) groups is 1. The van der Waals surface area contributed by atoms with Gasteiger partial charge in [-0.25, -0.2) is 5.84 Å². The highest BCUT2D eigenvalue weighted by Crippen LogP contribution is 2.08. The van der Waals surface area contributed by atoms with Crippen LogP contribution < -0.4 is 11.3 Å². The zero-order valence-electron chi connectivity index (χ0n) is 10.0. The van der Waals surface area contributed by atoms with E-state index in [1.54, 1.807) is 0 Å². The van der Waals surface area contributed by atoms with E-state index in [-0.39, 0.29) is 11.9 Å². The van der Waals surface area contributed by atoms with Gasteiger partial charge in [0.25, 0.3) is 5.91 Å². The molecule has 1 amide bonds. The fourth-order valence-corrected chi connectivity index (χ4v) is 1.56. The predicted molar refractivity (Wildman–Crippen MR) is 64.4 cm³/mol. The van der Waals surface area contributed by atoms with E-state index in [0.29, 0.717) is 0 Å². The number of nitrogens with zero attached hydrogens (tertiary/aromatic N) is 1. The van der Waals surface area contributed by atoms with E-state index >= 15 is 0 Å². The molecule has 0 bridgehead atoms. The summed E-state index contributed by atoms with van der Waals surface area (Å²) in [6.07, 6.45) is 0. The van der Waals surface area contributed by atoms with E-state index < -0.39 is 0 Å². The van der Waals surface area contributed by atoms with E-state index in [4.69, 9.17) is 5.84 Å². The number of amides is 1. The standard InChI is InChI=1S/C12H19N3O/c1-9-5-4-6-11(7-9)8-15(3)10(2)12(16)14-13/h4-7,10H,8,13H2,1-3H3,(H,14,16). The summed E-state index contributed by atoms with van der Waals surface area (Å²) in [5.41, 5.74) is 4.58. The Labute approximate surface area is 96.4 Å². The number of carbonyl (C=O) groups excluding carboxylic acids is 1. The van der Waals surface area contributed by atoms with Gasteiger partial charge in [-0.2, -0.15) is 0 Å². The zero-order valence-corrected chi connectivity index (χ0v) is 10.0. The van der Waals surface area contributed by atoms with Crippen molar-refractivity contribution >= 4 is 5.91 Å². The fourth-order valence-electron chi connectivity index (χ4n) is 1.56. The molecule has 0 heterocycles. The van der Waals surface area contributed by atoms with Gasteiger partial charge in [-0.1, -0.05) is 29.8 Å². The lowest BCUT2D eigenvalue weighted by Gasteiger charge is -2.23. The van der Waals surface area contributed by atoms with Crippen LogP contribution in [0.3, 0.4) is 0 Å². The first kappa shape index (κ1) is 12.7. The number of nitrogens with two attached hydrogens (primary N) is 1. The quantitative estimate of drug-likeness (QED) is 0.449. The summed E-state index contributed by atoms with van der Waals surface area (Å²) in [6.45, 7) is 4.62. The molecule has 1 atom stereocenters. The Hall–Kier alpha value is -1.39. The van der Waals surface area contributed by atoms with Gasteiger partial charge in [-0.15, -0.1) is 0 Å². The Morgan fingerprint density at radius 1 is 1.56 bits per heavy atom. The number of likely N-dealkylation sites (N-methyl/N-ethyl adjacent to an activating group) is 1. The van der Waals surface area contributed by atoms with E-state index in [2.05, 4.69) is 30.5 Å². The van der Waals surface area contributed by atoms with Crippen LogP contribution in [0.5, 0.6) is 0 Å². The lowest BCUT2D eigenvalue weighted by molar-refractivity contribution is -0.125. The second kappa shape index (κ2) is 5.63. The van der Waals surface area contributed by atoms with Crippen LogP contribution in [0.2, 0.25) is 0 Å². The molecule has 16 heavy (non-hydrogen) atoms. The van der Waals surface area contributed by atoms with Crippen molar-refractivity contribution in [2.45, 2.75) is 26.4 Å². The third-order valence-electron chi connectivity index (χ3n) is 2.70. The maximum atomic E-state index is 11.3. The van der Waals surface area contributed by atoms with Gasteiger partial charge in [0.2, 0.25) is 0 Å². The molecule has 0 spiro atoms. The van der Waals surface area contributed by atoms with Crippen molar-refractivity contribution in [3.8, 4) is 0 Å². The normalized spacial score (nSPS) is 12.6. The van der Waals surface area contributed by atoms with Crippen molar-refractivity contribution < 1.29 is 4.79 Å². The van der Waals surface area contributed by atoms with Crippen molar-refractivity contribution in [1.29, 1.82) is 0 Å². The maximum Gasteiger partial charge on any atom is 0.250 e. The molecule has 0 saturated heterocycles. The third-order valence-corrected chi connectivity index (χ3v) is 2.70. The molecular weight excluding hydrogens is 202 g/mol. The van der Waals surface area contributed by atoms with Crippen LogP contribution >= 0.6 is 0 Å². The van der Waals surface area contributed by atoms with Gasteiger partial charge in [-0.05, 0) is 26.5 Å². The molecule has 1 aromatic rings. The molecule has 4 heteroatoms. The molecule has 0 aromatic heterocycles. The minimum Gasteiger partial charge on any atom is -0.293 e. The number of hydrogen-bond donors (Lipinski definition) is 2. The van der Waals surface area contributed by atoms with Crippen LogP contribution in [0.4, 0.5) is 0 Å². The lowest BCUT2D eigenvalue weighted by atomic mass is 10.1. The molecule has 1 aromatic carbocycles. The topological polar surface area (TPSA) is 58.4 Å². The number of aryl methyl sites for hydroxylation is 1. The molecule has 1 rings (SSSR count). The summed E-state index contributed by atoms with van der Waals surface area (Å²) in [5, 5.41) is 0. The fraction of sp³-hybridized carbons (Fsp3) is 0.417. The first-order valence-electron chi connectivity index (χ1n) is 5.31. The number of hydrogen-bond acceptors (Lipinski definition) is 3. The summed E-state index contributed by atoms with van der Waals surface area (Å²) < 4.78 is 0. The highest BCUT2D eigenvalue weighted by Gasteiger charge is 2.16. The lowest BCUT2D eigenvalue weighted by Crippen LogP contribution is -2.45. The van der Waals surface area contributed by atoms with Crippen LogP contribution in [0.25, 0.3) is 0 Å². The van der Waals surface area contributed by atoms with Crippen molar-refractivity contribution in [1.82, 2.24) is 10.3 Å². The molecule has 0 radical (unpaired) electrons. The molecule has 0 aliphatic rings. The average Bonchev–Trinajstić information content (AvgIpc) is 2.27. The Kier molecular flexibility index (Phi) is 4.46. The number of hydrazine groups is 1. The molecule has 0 fully saturated rings. The summed E-state index contributed by atoms with van der Waals surface area (Å²) in [4.78, 5) is 13.3. The monoisotopic (exact) mass is 221 g/mol. The van der Waals surface area contributed by atoms with Gasteiger partial charge < -0.3 is 0 Å². The summed E-state index contributed by atoms with van der Waals surface area (Å²) >= 11 is 0. The number of benzene rings is 1. The van der Waals surface area contributed by atoms with Gasteiger partial charge in [0.05, 0.1) is 6.04 Å². The molecule has 88 valence electrons. The molecule has 0 aliphatic carbocycles. The molecule has 1 unspecified atom stereocenters. The SMILES string of the molecule is Cc1cccc(CN(C)C(C)C(=O)NN)c1. The highest BCUT2D eigenvalue weighted by molar-refractivity contribution is 5.80. The maximum absolute atomic E-state index is 11.3. The Morgan fingerprint density at radius 2 is 2.25 bits per heavy atom. The Morgan fingerprint density at radius 3 is 2.81 bits per heavy atom. The number of nitrogens with one attached hydrogen (secondary N) is 1. The van der Waals surface area contributed by atoms with E-state index in [1.807, 2.05) is 24.9 Å². The molecule has 4 nitrogen and oxygen atoms in total. The first-order valence-corrected chi connectivity index (χ1v) is 5.31. The number of rotatable bonds is 4. The predicted octanol–water partition coefficient (Wildman–Crippen LogP) is 0.805. The highest BCUT2D eigenvalue weighted by atomic mass is 16.2. The smallest absolute Gasteiger partial charge is 0.250 e. The van der Waals surface area contributed by atoms with Gasteiger partial charge in [0.15, 0.2) is 0 Å². The van der Waals surface area contributed by atoms with E-state index in [9.17, 15) is 4.79 Å². The second-order valence-corrected chi connectivity index (χ2v) is 4.09. The van der Waals surface area contributed by atoms with Gasteiger partial charge in [0, 0.05) is 6.54 Å². The third kappa shape index (κ3) is 3.32. The van der Waals surface area contributed by atoms with Crippen molar-refractivity contribution in [2.24, 2.45) is 5.84 Å². The molecule has 0 aliphatic heterocycles. The van der Waals surface area contributed by atoms with Crippen molar-refractivity contribution in [3.63, 3.8) is 0 Å². The molecular formula is C12H19N3O. The molecule has 3 N–H and O–H groups in total. The Balaban J connectivity index is 2.64. The molecule has 0 saturated carbocycles. The minimum absolute atomic E-state index is 0.171. The van der Waals surface area contributed by atoms with E-state index in [0.717, 1.165) is 6.54 Å². The zero-order chi connectivity index (χ0) is 12.1. The van der Waals surface area contributed by atoms with Crippen LogP contribution in [0, 0.1) is 6.92 Å². The largest absolute Gasteiger partial charge is 0.293 e. The summed E-state index contributed by atoms with van der Waals surface area (Å²) in [7, 11) is 1.90. The Bertz CT molecular complexity index is 365. The average molecular weight is 221 g/mol. The second-order valence-electron chi connectivity index (χ2n) is 4.09. The van der Waals surface area contributed by atoms with Crippen molar-refractivity contribution in [3.05, 3.63) is 35.4 Å².